The first-order chi connectivity index (χ1) is 8.42. The first-order valence-corrected chi connectivity index (χ1v) is 6.87. The number of benzene rings is 1. The van der Waals surface area contributed by atoms with Crippen molar-refractivity contribution in [2.45, 2.75) is 44.2 Å². The Bertz CT molecular complexity index is 351. The molecule has 2 atom stereocenters. The van der Waals surface area contributed by atoms with E-state index in [-0.39, 0.29) is 0 Å². The van der Waals surface area contributed by atoms with Crippen molar-refractivity contribution in [2.24, 2.45) is 0 Å². The molecular weight excluding hydrogens is 210 g/mol. The monoisotopic (exact) mass is 231 g/mol. The van der Waals surface area contributed by atoms with E-state index in [4.69, 9.17) is 4.74 Å². The van der Waals surface area contributed by atoms with Crippen LogP contribution in [0.4, 0.5) is 0 Å². The maximum atomic E-state index is 6.08. The van der Waals surface area contributed by atoms with E-state index >= 15 is 0 Å². The zero-order valence-electron chi connectivity index (χ0n) is 10.3. The fourth-order valence-electron chi connectivity index (χ4n) is 3.15. The second kappa shape index (κ2) is 5.09. The summed E-state index contributed by atoms with van der Waals surface area (Å²) >= 11 is 0. The molecule has 0 aliphatic carbocycles. The van der Waals surface area contributed by atoms with E-state index in [1.165, 1.54) is 45.2 Å². The van der Waals surface area contributed by atoms with Gasteiger partial charge in [0.15, 0.2) is 0 Å². The molecule has 0 bridgehead atoms. The summed E-state index contributed by atoms with van der Waals surface area (Å²) in [4.78, 5) is 2.66. The van der Waals surface area contributed by atoms with E-state index in [0.29, 0.717) is 6.10 Å². The van der Waals surface area contributed by atoms with Gasteiger partial charge in [-0.05, 0) is 44.4 Å². The molecule has 2 heterocycles. The van der Waals surface area contributed by atoms with Crippen molar-refractivity contribution in [3.05, 3.63) is 30.3 Å². The van der Waals surface area contributed by atoms with E-state index in [2.05, 4.69) is 17.0 Å². The van der Waals surface area contributed by atoms with Gasteiger partial charge in [0.2, 0.25) is 0 Å². The lowest BCUT2D eigenvalue weighted by Crippen LogP contribution is -2.48. The van der Waals surface area contributed by atoms with Crippen LogP contribution in [0.3, 0.4) is 0 Å². The van der Waals surface area contributed by atoms with E-state index in [1.807, 2.05) is 18.2 Å². The number of rotatable bonds is 2. The van der Waals surface area contributed by atoms with Crippen LogP contribution >= 0.6 is 0 Å². The maximum Gasteiger partial charge on any atom is 0.119 e. The van der Waals surface area contributed by atoms with Gasteiger partial charge in [0.05, 0.1) is 0 Å². The van der Waals surface area contributed by atoms with Crippen molar-refractivity contribution in [1.29, 1.82) is 0 Å². The lowest BCUT2D eigenvalue weighted by atomic mass is 9.91. The van der Waals surface area contributed by atoms with Gasteiger partial charge in [-0.15, -0.1) is 0 Å². The first-order valence-electron chi connectivity index (χ1n) is 6.87. The molecule has 0 spiro atoms. The van der Waals surface area contributed by atoms with Crippen LogP contribution in [-0.4, -0.2) is 30.1 Å². The second-order valence-corrected chi connectivity index (χ2v) is 5.26. The van der Waals surface area contributed by atoms with Gasteiger partial charge < -0.3 is 9.64 Å². The van der Waals surface area contributed by atoms with Gasteiger partial charge in [-0.25, -0.2) is 0 Å². The third kappa shape index (κ3) is 2.63. The first kappa shape index (κ1) is 11.1. The van der Waals surface area contributed by atoms with Gasteiger partial charge in [0.1, 0.15) is 11.9 Å². The molecule has 17 heavy (non-hydrogen) atoms. The molecule has 1 aromatic carbocycles. The minimum atomic E-state index is 0.428. The standard InChI is InChI=1S/C15H21NO/c1-2-7-14(8-3-1)17-15-9-11-16-10-5-4-6-13(16)12-15/h1-3,7-8,13,15H,4-6,9-12H2. The molecule has 0 amide bonds. The third-order valence-electron chi connectivity index (χ3n) is 4.07. The summed E-state index contributed by atoms with van der Waals surface area (Å²) in [6.45, 7) is 2.53. The summed E-state index contributed by atoms with van der Waals surface area (Å²) in [5, 5.41) is 0. The molecule has 2 nitrogen and oxygen atoms in total. The van der Waals surface area contributed by atoms with Crippen molar-refractivity contribution in [2.75, 3.05) is 13.1 Å². The van der Waals surface area contributed by atoms with Crippen LogP contribution in [0.25, 0.3) is 0 Å². The molecule has 2 unspecified atom stereocenters. The Labute approximate surface area is 104 Å². The molecule has 2 heteroatoms. The predicted octanol–water partition coefficient (Wildman–Crippen LogP) is 3.08. The van der Waals surface area contributed by atoms with E-state index in [1.54, 1.807) is 0 Å². The molecule has 0 radical (unpaired) electrons. The van der Waals surface area contributed by atoms with Gasteiger partial charge in [-0.2, -0.15) is 0 Å². The Morgan fingerprint density at radius 1 is 1.00 bits per heavy atom. The minimum absolute atomic E-state index is 0.428. The Morgan fingerprint density at radius 2 is 1.88 bits per heavy atom. The quantitative estimate of drug-likeness (QED) is 0.775. The number of hydrogen-bond donors (Lipinski definition) is 0. The Kier molecular flexibility index (Phi) is 3.32. The lowest BCUT2D eigenvalue weighted by Gasteiger charge is -2.42. The summed E-state index contributed by atoms with van der Waals surface area (Å²) < 4.78 is 6.08. The molecule has 0 aromatic heterocycles. The normalized spacial score (nSPS) is 29.6. The molecule has 2 aliphatic heterocycles. The minimum Gasteiger partial charge on any atom is -0.490 e. The Hall–Kier alpha value is -1.02. The third-order valence-corrected chi connectivity index (χ3v) is 4.07. The fraction of sp³-hybridized carbons (Fsp3) is 0.600. The molecule has 0 saturated carbocycles. The molecule has 0 N–H and O–H groups in total. The average Bonchev–Trinajstić information content (AvgIpc) is 2.40. The molecule has 2 saturated heterocycles. The molecule has 2 aliphatic rings. The maximum absolute atomic E-state index is 6.08. The molecule has 2 fully saturated rings. The lowest BCUT2D eigenvalue weighted by molar-refractivity contribution is 0.0356. The molecular formula is C15H21NO. The van der Waals surface area contributed by atoms with Crippen LogP contribution in [-0.2, 0) is 0 Å². The van der Waals surface area contributed by atoms with Gasteiger partial charge in [0.25, 0.3) is 0 Å². The average molecular weight is 231 g/mol. The van der Waals surface area contributed by atoms with Crippen molar-refractivity contribution < 1.29 is 4.74 Å². The summed E-state index contributed by atoms with van der Waals surface area (Å²) in [6.07, 6.45) is 6.99. The van der Waals surface area contributed by atoms with Crippen LogP contribution in [0.5, 0.6) is 5.75 Å². The summed E-state index contributed by atoms with van der Waals surface area (Å²) in [5.41, 5.74) is 0. The van der Waals surface area contributed by atoms with Gasteiger partial charge >= 0.3 is 0 Å². The van der Waals surface area contributed by atoms with Gasteiger partial charge in [-0.3, -0.25) is 0 Å². The molecule has 1 aromatic rings. The summed E-state index contributed by atoms with van der Waals surface area (Å²) in [7, 11) is 0. The summed E-state index contributed by atoms with van der Waals surface area (Å²) in [5.74, 6) is 1.03. The van der Waals surface area contributed by atoms with Crippen molar-refractivity contribution >= 4 is 0 Å². The van der Waals surface area contributed by atoms with Crippen molar-refractivity contribution in [3.8, 4) is 5.75 Å². The number of ether oxygens (including phenoxy) is 1. The van der Waals surface area contributed by atoms with Crippen molar-refractivity contribution in [3.63, 3.8) is 0 Å². The highest BCUT2D eigenvalue weighted by Gasteiger charge is 2.30. The molecule has 3 rings (SSSR count). The number of piperidine rings is 2. The SMILES string of the molecule is c1ccc(OC2CCN3CCCCC3C2)cc1. The van der Waals surface area contributed by atoms with Gasteiger partial charge in [-0.1, -0.05) is 24.6 Å². The van der Waals surface area contributed by atoms with Crippen LogP contribution in [0, 0.1) is 0 Å². The topological polar surface area (TPSA) is 12.5 Å². The highest BCUT2D eigenvalue weighted by atomic mass is 16.5. The number of hydrogen-bond acceptors (Lipinski definition) is 2. The van der Waals surface area contributed by atoms with Crippen LogP contribution in [0.1, 0.15) is 32.1 Å². The zero-order valence-corrected chi connectivity index (χ0v) is 10.3. The predicted molar refractivity (Wildman–Crippen MR) is 69.3 cm³/mol. The second-order valence-electron chi connectivity index (χ2n) is 5.26. The van der Waals surface area contributed by atoms with Crippen LogP contribution < -0.4 is 4.74 Å². The van der Waals surface area contributed by atoms with Crippen molar-refractivity contribution in [1.82, 2.24) is 4.90 Å². The smallest absolute Gasteiger partial charge is 0.119 e. The summed E-state index contributed by atoms with van der Waals surface area (Å²) in [6, 6.07) is 11.0. The fourth-order valence-corrected chi connectivity index (χ4v) is 3.15. The van der Waals surface area contributed by atoms with E-state index in [0.717, 1.165) is 11.8 Å². The largest absolute Gasteiger partial charge is 0.490 e. The Balaban J connectivity index is 1.59. The Morgan fingerprint density at radius 3 is 2.76 bits per heavy atom. The van der Waals surface area contributed by atoms with Crippen LogP contribution in [0.15, 0.2) is 30.3 Å². The van der Waals surface area contributed by atoms with Crippen LogP contribution in [0.2, 0.25) is 0 Å². The number of para-hydroxylation sites is 1. The van der Waals surface area contributed by atoms with E-state index in [9.17, 15) is 0 Å². The highest BCUT2D eigenvalue weighted by molar-refractivity contribution is 5.21. The van der Waals surface area contributed by atoms with Gasteiger partial charge in [0, 0.05) is 12.6 Å². The molecule has 92 valence electrons. The number of nitrogens with zero attached hydrogens (tertiary/aromatic N) is 1. The van der Waals surface area contributed by atoms with E-state index < -0.39 is 0 Å². The number of fused-ring (bicyclic) bond motifs is 1. The zero-order chi connectivity index (χ0) is 11.5. The highest BCUT2D eigenvalue weighted by Crippen LogP contribution is 2.28.